The Hall–Kier alpha value is -9.29. The molecule has 3 aromatic heterocycles. The largest absolute Gasteiger partial charge is 0.352 e. The second-order valence-corrected chi connectivity index (χ2v) is 35.8. The van der Waals surface area contributed by atoms with Crippen molar-refractivity contribution in [2.75, 3.05) is 137 Å². The highest BCUT2D eigenvalue weighted by atomic mass is 35.5. The predicted molar refractivity (Wildman–Crippen MR) is 465 cm³/mol. The van der Waals surface area contributed by atoms with Crippen LogP contribution >= 0.6 is 46.9 Å². The van der Waals surface area contributed by atoms with E-state index in [9.17, 15) is 41.9 Å². The number of anilines is 3. The van der Waals surface area contributed by atoms with Gasteiger partial charge in [-0.05, 0) is 207 Å². The van der Waals surface area contributed by atoms with Crippen molar-refractivity contribution in [1.82, 2.24) is 58.1 Å². The molecule has 0 aliphatic carbocycles. The lowest BCUT2D eigenvalue weighted by atomic mass is 9.97. The lowest BCUT2D eigenvalue weighted by Crippen LogP contribution is -2.58. The lowest BCUT2D eigenvalue weighted by Gasteiger charge is -2.44. The molecule has 9 aliphatic heterocycles. The molecule has 9 aliphatic rings. The van der Waals surface area contributed by atoms with Crippen molar-refractivity contribution in [1.29, 1.82) is 0 Å². The molecule has 3 unspecified atom stereocenters. The molecule has 29 heteroatoms. The molecule has 0 radical (unpaired) electrons. The Kier molecular flexibility index (Phi) is 24.3. The maximum atomic E-state index is 15.3. The average molecular weight is 1680 g/mol. The quantitative estimate of drug-likeness (QED) is 0.0638. The maximum Gasteiger partial charge on any atom is 0.350 e. The van der Waals surface area contributed by atoms with E-state index in [0.717, 1.165) is 156 Å². The minimum atomic E-state index is -0.813. The monoisotopic (exact) mass is 1680 g/mol. The Bertz CT molecular complexity index is 5650. The second kappa shape index (κ2) is 34.8. The first-order valence-electron chi connectivity index (χ1n) is 41.0. The van der Waals surface area contributed by atoms with Crippen LogP contribution in [0.1, 0.15) is 69.1 Å². The summed E-state index contributed by atoms with van der Waals surface area (Å²) < 4.78 is 62.6. The zero-order valence-electron chi connectivity index (χ0n) is 67.3. The summed E-state index contributed by atoms with van der Waals surface area (Å²) in [6.45, 7) is 34.3. The average Bonchev–Trinajstić information content (AvgIpc) is 1.28. The van der Waals surface area contributed by atoms with Gasteiger partial charge in [-0.2, -0.15) is 15.0 Å². The summed E-state index contributed by atoms with van der Waals surface area (Å²) >= 11 is 11.3. The third-order valence-corrected chi connectivity index (χ3v) is 28.9. The van der Waals surface area contributed by atoms with Crippen LogP contribution in [0, 0.1) is 44.0 Å². The van der Waals surface area contributed by atoms with Crippen molar-refractivity contribution in [2.24, 2.45) is 0 Å². The molecule has 5 atom stereocenters. The van der Waals surface area contributed by atoms with Crippen LogP contribution < -0.4 is 31.8 Å². The molecule has 21 nitrogen and oxygen atoms in total. The number of carbonyl (C=O) groups excluding carboxylic acids is 3. The Morgan fingerprint density at radius 2 is 0.754 bits per heavy atom. The third-order valence-electron chi connectivity index (χ3n) is 24.9. The molecule has 118 heavy (non-hydrogen) atoms. The van der Waals surface area contributed by atoms with Gasteiger partial charge in [-0.25, -0.2) is 31.9 Å². The Labute approximate surface area is 701 Å². The van der Waals surface area contributed by atoms with E-state index in [2.05, 4.69) is 80.2 Å². The van der Waals surface area contributed by atoms with Gasteiger partial charge in [-0.1, -0.05) is 55.6 Å². The van der Waals surface area contributed by atoms with Crippen LogP contribution in [-0.4, -0.2) is 228 Å². The summed E-state index contributed by atoms with van der Waals surface area (Å²) in [7, 11) is 0. The van der Waals surface area contributed by atoms with Gasteiger partial charge < -0.3 is 29.4 Å². The first kappa shape index (κ1) is 82.4. The second-order valence-electron chi connectivity index (χ2n) is 32.3. The van der Waals surface area contributed by atoms with Gasteiger partial charge >= 0.3 is 17.1 Å². The topological polar surface area (TPSA) is 185 Å². The van der Waals surface area contributed by atoms with Crippen LogP contribution in [0.3, 0.4) is 0 Å². The van der Waals surface area contributed by atoms with Crippen molar-refractivity contribution >= 4 is 115 Å². The third kappa shape index (κ3) is 16.0. The minimum absolute atomic E-state index is 0.0582. The normalized spacial score (nSPS) is 21.1. The number of aryl methyl sites for hydroxylation is 3. The summed E-state index contributed by atoms with van der Waals surface area (Å²) in [4.78, 5) is 114. The number of likely N-dealkylation sites (tertiary alicyclic amines) is 3. The minimum Gasteiger partial charge on any atom is -0.352 e. The van der Waals surface area contributed by atoms with Crippen LogP contribution in [0.15, 0.2) is 146 Å². The number of halogens is 5. The molecule has 3 amide bonds. The molecule has 12 heterocycles. The molecule has 18 rings (SSSR count). The SMILES string of the molecule is C=CC(=O)N1CCN(c2nc(=O)n3c4c(c(-c5cc(Cl)c(F)cc5F)c(C)cc24)SCC(N2CCCC2)C3)CC1.C=CC(=O)N1CCN(c2nc(=O)n3c4c(c(-c5ccc(F)cc5)c(C)cc24)SCC(N2CCCC2)C3)CC1.C=CC(=O)N1[C@H](C)CN(c2nc(=O)n3c4c(c(-c5ccc(F)cc5)c(C)cc24)SCC(N2CCCC2)C3)C[C@@H]1C. The first-order valence-corrected chi connectivity index (χ1v) is 44.3. The van der Waals surface area contributed by atoms with E-state index >= 15 is 4.39 Å². The van der Waals surface area contributed by atoms with E-state index in [0.29, 0.717) is 114 Å². The number of amides is 3. The molecule has 0 spiro atoms. The zero-order chi connectivity index (χ0) is 82.6. The number of hydrogen-bond acceptors (Lipinski definition) is 18. The molecule has 0 N–H and O–H groups in total. The van der Waals surface area contributed by atoms with Crippen molar-refractivity contribution in [3.63, 3.8) is 0 Å². The lowest BCUT2D eigenvalue weighted by molar-refractivity contribution is -0.130. The Morgan fingerprint density at radius 3 is 1.10 bits per heavy atom. The number of piperazine rings is 3. The van der Waals surface area contributed by atoms with Gasteiger partial charge in [0.2, 0.25) is 17.7 Å². The Balaban J connectivity index is 0.000000132. The van der Waals surface area contributed by atoms with Gasteiger partial charge in [-0.15, -0.1) is 35.3 Å². The number of thioether (sulfide) groups is 3. The van der Waals surface area contributed by atoms with Crippen molar-refractivity contribution < 1.29 is 31.9 Å². The van der Waals surface area contributed by atoms with Gasteiger partial charge in [0.25, 0.3) is 0 Å². The number of benzene rings is 6. The zero-order valence-corrected chi connectivity index (χ0v) is 70.5. The summed E-state index contributed by atoms with van der Waals surface area (Å²) in [5.41, 5.74) is 9.45. The van der Waals surface area contributed by atoms with E-state index in [1.165, 1.54) is 74.2 Å². The summed E-state index contributed by atoms with van der Waals surface area (Å²) in [5, 5.41) is 2.57. The molecule has 0 bridgehead atoms. The predicted octanol–water partition coefficient (Wildman–Crippen LogP) is 13.3. The summed E-state index contributed by atoms with van der Waals surface area (Å²) in [6, 6.07) is 22.2. The smallest absolute Gasteiger partial charge is 0.350 e. The van der Waals surface area contributed by atoms with Crippen LogP contribution in [0.5, 0.6) is 0 Å². The van der Waals surface area contributed by atoms with Crippen LogP contribution in [-0.2, 0) is 34.0 Å². The molecular weight excluding hydrogens is 1580 g/mol. The highest BCUT2D eigenvalue weighted by Gasteiger charge is 2.39. The number of hydrogen-bond donors (Lipinski definition) is 0. The summed E-state index contributed by atoms with van der Waals surface area (Å²) in [6.07, 6.45) is 11.0. The van der Waals surface area contributed by atoms with Crippen molar-refractivity contribution in [2.45, 2.75) is 138 Å². The number of carbonyl (C=O) groups is 3. The standard InChI is InChI=1S/C31H36FN5O2S.C29H30ClF2N5O2S.C29H32FN5O2S/c1-5-26(38)37-20(3)15-35(16-21(37)4)30-25-14-19(2)27(22-8-10-23(32)11-9-22)29-28(25)36(31(39)33-30)17-24(18-40-29)34-12-6-7-13-34;1-3-24(38)35-8-10-36(11-9-35)28-20-12-17(2)25(19-13-21(30)23(32)14-22(19)31)27-26(20)37(29(39)33-28)15-18(16-40-27)34-6-4-5-7-34;1-3-24(36)33-12-14-34(15-13-33)28-23-16-19(2)25(20-6-8-21(30)9-7-20)27-26(23)35(29(37)31-28)17-22(18-38-27)32-10-4-5-11-32/h5,8-11,14,20-21,24H,1,6-7,12-13,15-18H2,2-4H3;3,12-14,18H,1,4-11,15-16H2,2H3;3,6-9,16,22H,1,4-5,10-15,17-18H2,2H3/t20-,21+,24?;;. The number of aromatic nitrogens is 6. The molecular formula is C89H98ClF4N15O6S3. The highest BCUT2D eigenvalue weighted by Crippen LogP contribution is 2.49. The fourth-order valence-electron chi connectivity index (χ4n) is 19.1. The van der Waals surface area contributed by atoms with Crippen LogP contribution in [0.25, 0.3) is 66.1 Å². The first-order chi connectivity index (χ1) is 57.0. The molecule has 0 saturated carbocycles. The number of rotatable bonds is 12. The maximum absolute atomic E-state index is 15.3. The van der Waals surface area contributed by atoms with Crippen molar-refractivity contribution in [3.8, 4) is 33.4 Å². The van der Waals surface area contributed by atoms with Gasteiger partial charge in [0, 0.05) is 192 Å². The molecule has 6 fully saturated rings. The fourth-order valence-corrected chi connectivity index (χ4v) is 23.6. The van der Waals surface area contributed by atoms with E-state index in [-0.39, 0.29) is 87.2 Å². The number of nitrogens with zero attached hydrogens (tertiary/aromatic N) is 15. The van der Waals surface area contributed by atoms with Gasteiger partial charge in [-0.3, -0.25) is 42.8 Å². The van der Waals surface area contributed by atoms with Gasteiger partial charge in [0.1, 0.15) is 40.7 Å². The molecule has 618 valence electrons. The fraction of sp³-hybridized carbons (Fsp3) is 0.427. The highest BCUT2D eigenvalue weighted by molar-refractivity contribution is 8.00. The van der Waals surface area contributed by atoms with E-state index in [1.807, 2.05) is 70.0 Å². The molecule has 6 aromatic carbocycles. The van der Waals surface area contributed by atoms with Gasteiger partial charge in [0.15, 0.2) is 0 Å². The summed E-state index contributed by atoms with van der Waals surface area (Å²) in [5.74, 6) is 2.08. The van der Waals surface area contributed by atoms with E-state index in [4.69, 9.17) is 16.6 Å². The van der Waals surface area contributed by atoms with Crippen LogP contribution in [0.4, 0.5) is 35.0 Å². The van der Waals surface area contributed by atoms with E-state index < -0.39 is 11.6 Å². The molecule has 9 aromatic rings. The van der Waals surface area contributed by atoms with Crippen molar-refractivity contribution in [3.05, 3.63) is 193 Å². The van der Waals surface area contributed by atoms with Gasteiger partial charge in [0.05, 0.1) is 21.6 Å². The van der Waals surface area contributed by atoms with E-state index in [1.54, 1.807) is 49.7 Å². The van der Waals surface area contributed by atoms with Crippen LogP contribution in [0.2, 0.25) is 5.02 Å². The Morgan fingerprint density at radius 1 is 0.424 bits per heavy atom. The molecule has 6 saturated heterocycles.